The number of amides is 1. The van der Waals surface area contributed by atoms with Crippen molar-refractivity contribution < 1.29 is 4.79 Å². The first-order valence-corrected chi connectivity index (χ1v) is 10.7. The standard InChI is InChI=1S/C25H20Cl2N4O/c1-17-7-9-19(10-8-17)25(32)29-28-14-21-16-31(15-20-11-12-22(26)13-23(20)27)30-24(21)18-5-3-2-4-6-18/h2-14,16H,15H2,1H3,(H,29,32)/b28-14-. The highest BCUT2D eigenvalue weighted by molar-refractivity contribution is 6.35. The van der Waals surface area contributed by atoms with Gasteiger partial charge >= 0.3 is 0 Å². The topological polar surface area (TPSA) is 59.3 Å². The predicted molar refractivity (Wildman–Crippen MR) is 129 cm³/mol. The third kappa shape index (κ3) is 5.25. The molecule has 0 unspecified atom stereocenters. The Bertz CT molecular complexity index is 1270. The van der Waals surface area contributed by atoms with Crippen LogP contribution in [0.25, 0.3) is 11.3 Å². The van der Waals surface area contributed by atoms with Gasteiger partial charge < -0.3 is 0 Å². The molecule has 0 aliphatic heterocycles. The van der Waals surface area contributed by atoms with E-state index in [1.165, 1.54) is 0 Å². The van der Waals surface area contributed by atoms with Gasteiger partial charge in [-0.15, -0.1) is 0 Å². The van der Waals surface area contributed by atoms with Crippen LogP contribution in [-0.4, -0.2) is 21.9 Å². The van der Waals surface area contributed by atoms with Crippen molar-refractivity contribution >= 4 is 35.3 Å². The lowest BCUT2D eigenvalue weighted by Gasteiger charge is -2.05. The molecule has 0 bridgehead atoms. The molecule has 1 amide bonds. The SMILES string of the molecule is Cc1ccc(C(=O)N/N=C\c2cn(Cc3ccc(Cl)cc3Cl)nc2-c2ccccc2)cc1. The van der Waals surface area contributed by atoms with Crippen LogP contribution in [0.5, 0.6) is 0 Å². The van der Waals surface area contributed by atoms with Crippen LogP contribution in [0.4, 0.5) is 0 Å². The number of halogens is 2. The van der Waals surface area contributed by atoms with Gasteiger partial charge in [-0.2, -0.15) is 10.2 Å². The van der Waals surface area contributed by atoms with Crippen molar-refractivity contribution in [2.24, 2.45) is 5.10 Å². The summed E-state index contributed by atoms with van der Waals surface area (Å²) in [6, 6.07) is 22.5. The summed E-state index contributed by atoms with van der Waals surface area (Å²) in [5.74, 6) is -0.275. The predicted octanol–water partition coefficient (Wildman–Crippen LogP) is 5.98. The molecule has 0 saturated heterocycles. The van der Waals surface area contributed by atoms with E-state index < -0.39 is 0 Å². The smallest absolute Gasteiger partial charge is 0.267 e. The molecule has 160 valence electrons. The second-order valence-corrected chi connectivity index (χ2v) is 8.14. The third-order valence-electron chi connectivity index (χ3n) is 4.87. The number of benzene rings is 3. The van der Waals surface area contributed by atoms with E-state index in [0.717, 1.165) is 27.9 Å². The maximum atomic E-state index is 12.3. The van der Waals surface area contributed by atoms with Gasteiger partial charge in [-0.3, -0.25) is 9.48 Å². The fraction of sp³-hybridized carbons (Fsp3) is 0.0800. The molecule has 4 aromatic rings. The number of aryl methyl sites for hydroxylation is 1. The fourth-order valence-corrected chi connectivity index (χ4v) is 3.66. The summed E-state index contributed by atoms with van der Waals surface area (Å²) >= 11 is 12.3. The van der Waals surface area contributed by atoms with Gasteiger partial charge in [0.2, 0.25) is 0 Å². The summed E-state index contributed by atoms with van der Waals surface area (Å²) in [5, 5.41) is 10.0. The third-order valence-corrected chi connectivity index (χ3v) is 5.46. The van der Waals surface area contributed by atoms with Crippen molar-refractivity contribution in [2.45, 2.75) is 13.5 Å². The lowest BCUT2D eigenvalue weighted by molar-refractivity contribution is 0.0955. The van der Waals surface area contributed by atoms with Crippen LogP contribution in [0.2, 0.25) is 10.0 Å². The van der Waals surface area contributed by atoms with E-state index >= 15 is 0 Å². The van der Waals surface area contributed by atoms with Crippen LogP contribution in [-0.2, 0) is 6.54 Å². The summed E-state index contributed by atoms with van der Waals surface area (Å²) < 4.78 is 1.79. The minimum Gasteiger partial charge on any atom is -0.267 e. The quantitative estimate of drug-likeness (QED) is 0.283. The molecule has 0 saturated carbocycles. The van der Waals surface area contributed by atoms with E-state index in [0.29, 0.717) is 22.2 Å². The summed E-state index contributed by atoms with van der Waals surface area (Å²) in [7, 11) is 0. The molecule has 7 heteroatoms. The van der Waals surface area contributed by atoms with E-state index in [1.54, 1.807) is 35.2 Å². The zero-order valence-corrected chi connectivity index (χ0v) is 18.8. The number of hydrogen-bond acceptors (Lipinski definition) is 3. The zero-order valence-electron chi connectivity index (χ0n) is 17.3. The molecular formula is C25H20Cl2N4O. The molecule has 32 heavy (non-hydrogen) atoms. The van der Waals surface area contributed by atoms with Gasteiger partial charge in [-0.1, -0.05) is 77.3 Å². The van der Waals surface area contributed by atoms with Crippen LogP contribution in [0, 0.1) is 6.92 Å². The van der Waals surface area contributed by atoms with Crippen molar-refractivity contribution in [3.05, 3.63) is 111 Å². The van der Waals surface area contributed by atoms with Crippen molar-refractivity contribution in [3.8, 4) is 11.3 Å². The zero-order chi connectivity index (χ0) is 22.5. The average molecular weight is 463 g/mol. The molecule has 0 spiro atoms. The Labute approximate surface area is 196 Å². The molecule has 0 radical (unpaired) electrons. The summed E-state index contributed by atoms with van der Waals surface area (Å²) in [6.45, 7) is 2.44. The second kappa shape index (κ2) is 9.81. The number of rotatable bonds is 6. The van der Waals surface area contributed by atoms with Crippen LogP contribution in [0.15, 0.2) is 84.1 Å². The molecule has 4 rings (SSSR count). The van der Waals surface area contributed by atoms with Crippen molar-refractivity contribution in [2.75, 3.05) is 0 Å². The Morgan fingerprint density at radius 3 is 2.53 bits per heavy atom. The van der Waals surface area contributed by atoms with Crippen LogP contribution in [0.3, 0.4) is 0 Å². The van der Waals surface area contributed by atoms with Crippen LogP contribution >= 0.6 is 23.2 Å². The molecule has 0 aliphatic carbocycles. The van der Waals surface area contributed by atoms with Gasteiger partial charge in [0.05, 0.1) is 12.8 Å². The molecule has 1 heterocycles. The number of hydrogen-bond donors (Lipinski definition) is 1. The molecule has 3 aromatic carbocycles. The number of carbonyl (C=O) groups is 1. The van der Waals surface area contributed by atoms with Gasteiger partial charge in [-0.05, 0) is 36.8 Å². The number of nitrogens with zero attached hydrogens (tertiary/aromatic N) is 3. The monoisotopic (exact) mass is 462 g/mol. The minimum absolute atomic E-state index is 0.275. The number of hydrazone groups is 1. The fourth-order valence-electron chi connectivity index (χ4n) is 3.19. The van der Waals surface area contributed by atoms with E-state index in [2.05, 4.69) is 10.5 Å². The second-order valence-electron chi connectivity index (χ2n) is 7.30. The Hall–Kier alpha value is -3.41. The van der Waals surface area contributed by atoms with E-state index in [4.69, 9.17) is 28.3 Å². The maximum absolute atomic E-state index is 12.3. The summed E-state index contributed by atoms with van der Waals surface area (Å²) in [5.41, 5.74) is 7.58. The van der Waals surface area contributed by atoms with Gasteiger partial charge in [0.25, 0.3) is 5.91 Å². The Kier molecular flexibility index (Phi) is 6.69. The normalized spacial score (nSPS) is 11.1. The lowest BCUT2D eigenvalue weighted by Crippen LogP contribution is -2.17. The molecule has 1 aromatic heterocycles. The molecule has 0 atom stereocenters. The highest BCUT2D eigenvalue weighted by Gasteiger charge is 2.12. The van der Waals surface area contributed by atoms with E-state index in [9.17, 15) is 4.79 Å². The first-order valence-electron chi connectivity index (χ1n) is 9.96. The number of aromatic nitrogens is 2. The van der Waals surface area contributed by atoms with Gasteiger partial charge in [-0.25, -0.2) is 5.43 Å². The highest BCUT2D eigenvalue weighted by Crippen LogP contribution is 2.24. The van der Waals surface area contributed by atoms with Crippen molar-refractivity contribution in [1.82, 2.24) is 15.2 Å². The van der Waals surface area contributed by atoms with Crippen molar-refractivity contribution in [1.29, 1.82) is 0 Å². The minimum atomic E-state index is -0.275. The molecule has 0 fully saturated rings. The number of carbonyl (C=O) groups excluding carboxylic acids is 1. The molecule has 0 aliphatic rings. The van der Waals surface area contributed by atoms with Crippen LogP contribution < -0.4 is 5.43 Å². The maximum Gasteiger partial charge on any atom is 0.271 e. The van der Waals surface area contributed by atoms with Crippen LogP contribution in [0.1, 0.15) is 27.0 Å². The Morgan fingerprint density at radius 1 is 1.06 bits per heavy atom. The molecular weight excluding hydrogens is 443 g/mol. The van der Waals surface area contributed by atoms with Gasteiger partial charge in [0.15, 0.2) is 0 Å². The van der Waals surface area contributed by atoms with E-state index in [1.807, 2.05) is 61.7 Å². The average Bonchev–Trinajstić information content (AvgIpc) is 3.19. The van der Waals surface area contributed by atoms with Gasteiger partial charge in [0.1, 0.15) is 5.69 Å². The summed E-state index contributed by atoms with van der Waals surface area (Å²) in [4.78, 5) is 12.3. The van der Waals surface area contributed by atoms with Gasteiger partial charge in [0, 0.05) is 32.9 Å². The molecule has 1 N–H and O–H groups in total. The lowest BCUT2D eigenvalue weighted by atomic mass is 10.1. The summed E-state index contributed by atoms with van der Waals surface area (Å²) in [6.07, 6.45) is 3.47. The van der Waals surface area contributed by atoms with Crippen molar-refractivity contribution in [3.63, 3.8) is 0 Å². The largest absolute Gasteiger partial charge is 0.271 e. The first kappa shape index (κ1) is 21.8. The Balaban J connectivity index is 1.59. The molecule has 5 nitrogen and oxygen atoms in total. The highest BCUT2D eigenvalue weighted by atomic mass is 35.5. The Morgan fingerprint density at radius 2 is 1.81 bits per heavy atom. The van der Waals surface area contributed by atoms with E-state index in [-0.39, 0.29) is 5.91 Å². The first-order chi connectivity index (χ1) is 15.5. The number of nitrogens with one attached hydrogen (secondary N) is 1.